The lowest BCUT2D eigenvalue weighted by atomic mass is 10.1. The van der Waals surface area contributed by atoms with Gasteiger partial charge < -0.3 is 5.32 Å². The zero-order chi connectivity index (χ0) is 21.8. The van der Waals surface area contributed by atoms with E-state index < -0.39 is 34.7 Å². The first-order valence-electron chi connectivity index (χ1n) is 9.65. The van der Waals surface area contributed by atoms with Crippen molar-refractivity contribution in [2.45, 2.75) is 26.8 Å². The van der Waals surface area contributed by atoms with Crippen molar-refractivity contribution in [3.63, 3.8) is 0 Å². The van der Waals surface area contributed by atoms with Crippen molar-refractivity contribution < 1.29 is 9.18 Å². The fraction of sp³-hybridized carbons (Fsp3) is 0.273. The fourth-order valence-electron chi connectivity index (χ4n) is 3.01. The van der Waals surface area contributed by atoms with Crippen LogP contribution in [-0.2, 0) is 0 Å². The fourth-order valence-corrected chi connectivity index (χ4v) is 3.01. The molecular weight excluding hydrogens is 387 g/mol. The van der Waals surface area contributed by atoms with Gasteiger partial charge in [0, 0.05) is 6.54 Å². The molecule has 1 heterocycles. The van der Waals surface area contributed by atoms with Gasteiger partial charge >= 0.3 is 5.69 Å². The molecule has 2 aromatic carbocycles. The molecule has 30 heavy (non-hydrogen) atoms. The van der Waals surface area contributed by atoms with Crippen LogP contribution in [0.1, 0.15) is 42.9 Å². The molecular formula is C22H23FN4O3. The van der Waals surface area contributed by atoms with Crippen LogP contribution in [0.5, 0.6) is 0 Å². The van der Waals surface area contributed by atoms with Gasteiger partial charge in [-0.2, -0.15) is 9.78 Å². The monoisotopic (exact) mass is 410 g/mol. The molecule has 8 heteroatoms. The summed E-state index contributed by atoms with van der Waals surface area (Å²) in [4.78, 5) is 38.9. The maximum Gasteiger partial charge on any atom is 0.352 e. The minimum Gasteiger partial charge on any atom is -0.350 e. The van der Waals surface area contributed by atoms with E-state index in [1.807, 2.05) is 19.9 Å². The van der Waals surface area contributed by atoms with Crippen LogP contribution in [-0.4, -0.2) is 26.8 Å². The van der Waals surface area contributed by atoms with E-state index in [1.165, 1.54) is 18.2 Å². The number of para-hydroxylation sites is 1. The molecule has 1 atom stereocenters. The Morgan fingerprint density at radius 3 is 2.30 bits per heavy atom. The number of nitrogens with zero attached hydrogens (tertiary/aromatic N) is 3. The maximum absolute atomic E-state index is 14.4. The van der Waals surface area contributed by atoms with Crippen molar-refractivity contribution in [3.05, 3.63) is 92.5 Å². The highest BCUT2D eigenvalue weighted by Crippen LogP contribution is 2.15. The van der Waals surface area contributed by atoms with Gasteiger partial charge in [-0.05, 0) is 30.5 Å². The van der Waals surface area contributed by atoms with E-state index in [1.54, 1.807) is 37.3 Å². The minimum absolute atomic E-state index is 0.144. The van der Waals surface area contributed by atoms with Crippen molar-refractivity contribution in [2.24, 2.45) is 5.92 Å². The quantitative estimate of drug-likeness (QED) is 0.677. The summed E-state index contributed by atoms with van der Waals surface area (Å²) >= 11 is 0. The van der Waals surface area contributed by atoms with E-state index in [-0.39, 0.29) is 11.6 Å². The molecule has 0 aliphatic carbocycles. The topological polar surface area (TPSA) is 86.0 Å². The van der Waals surface area contributed by atoms with E-state index in [0.29, 0.717) is 12.1 Å². The second-order valence-electron chi connectivity index (χ2n) is 7.36. The number of amides is 1. The van der Waals surface area contributed by atoms with Gasteiger partial charge in [0.25, 0.3) is 11.5 Å². The van der Waals surface area contributed by atoms with Crippen molar-refractivity contribution in [3.8, 4) is 5.69 Å². The SMILES string of the molecule is CC(C)CNC(=O)c1nn(-c2ccccc2F)c(=O)n([C@H](C)c2ccccc2)c1=O. The Kier molecular flexibility index (Phi) is 6.25. The number of carbonyl (C=O) groups excluding carboxylic acids is 1. The Hall–Kier alpha value is -3.55. The van der Waals surface area contributed by atoms with E-state index in [2.05, 4.69) is 10.4 Å². The van der Waals surface area contributed by atoms with Crippen LogP contribution in [0.2, 0.25) is 0 Å². The molecule has 3 aromatic rings. The molecule has 1 aromatic heterocycles. The molecule has 0 bridgehead atoms. The van der Waals surface area contributed by atoms with Crippen LogP contribution >= 0.6 is 0 Å². The molecule has 0 saturated carbocycles. The van der Waals surface area contributed by atoms with Crippen LogP contribution in [0.3, 0.4) is 0 Å². The van der Waals surface area contributed by atoms with Gasteiger partial charge in [0.2, 0.25) is 5.69 Å². The molecule has 0 aliphatic heterocycles. The Bertz CT molecular complexity index is 1170. The number of hydrogen-bond acceptors (Lipinski definition) is 4. The Morgan fingerprint density at radius 2 is 1.67 bits per heavy atom. The number of nitrogens with one attached hydrogen (secondary N) is 1. The van der Waals surface area contributed by atoms with E-state index in [0.717, 1.165) is 9.25 Å². The lowest BCUT2D eigenvalue weighted by Gasteiger charge is -2.18. The van der Waals surface area contributed by atoms with E-state index >= 15 is 0 Å². The summed E-state index contributed by atoms with van der Waals surface area (Å²) in [6.45, 7) is 5.81. The van der Waals surface area contributed by atoms with Crippen LogP contribution in [0.4, 0.5) is 4.39 Å². The number of aromatic nitrogens is 3. The summed E-state index contributed by atoms with van der Waals surface area (Å²) < 4.78 is 16.1. The van der Waals surface area contributed by atoms with E-state index in [9.17, 15) is 18.8 Å². The third-order valence-electron chi connectivity index (χ3n) is 4.64. The van der Waals surface area contributed by atoms with Gasteiger partial charge in [-0.1, -0.05) is 56.3 Å². The molecule has 0 spiro atoms. The lowest BCUT2D eigenvalue weighted by Crippen LogP contribution is -2.47. The highest BCUT2D eigenvalue weighted by atomic mass is 19.1. The highest BCUT2D eigenvalue weighted by molar-refractivity contribution is 5.91. The minimum atomic E-state index is -0.832. The molecule has 0 fully saturated rings. The van der Waals surface area contributed by atoms with Crippen molar-refractivity contribution in [1.82, 2.24) is 19.7 Å². The van der Waals surface area contributed by atoms with Gasteiger partial charge in [-0.3, -0.25) is 9.59 Å². The summed E-state index contributed by atoms with van der Waals surface area (Å²) in [5, 5.41) is 6.57. The second kappa shape index (κ2) is 8.86. The average molecular weight is 410 g/mol. The summed E-state index contributed by atoms with van der Waals surface area (Å²) in [5.74, 6) is -1.26. The second-order valence-corrected chi connectivity index (χ2v) is 7.36. The number of carbonyl (C=O) groups is 1. The van der Waals surface area contributed by atoms with Gasteiger partial charge in [-0.25, -0.2) is 13.8 Å². The first-order valence-corrected chi connectivity index (χ1v) is 9.65. The third kappa shape index (κ3) is 4.22. The third-order valence-corrected chi connectivity index (χ3v) is 4.64. The molecule has 7 nitrogen and oxygen atoms in total. The zero-order valence-electron chi connectivity index (χ0n) is 17.0. The Morgan fingerprint density at radius 1 is 1.03 bits per heavy atom. The summed E-state index contributed by atoms with van der Waals surface area (Å²) in [6, 6.07) is 13.8. The Balaban J connectivity index is 2.25. The zero-order valence-corrected chi connectivity index (χ0v) is 17.0. The predicted octanol–water partition coefficient (Wildman–Crippen LogP) is 2.53. The molecule has 1 amide bonds. The largest absolute Gasteiger partial charge is 0.352 e. The number of halogens is 1. The Labute approximate surface area is 172 Å². The standard InChI is InChI=1S/C22H23FN4O3/c1-14(2)13-24-20(28)19-21(29)26(15(3)16-9-5-4-6-10-16)22(30)27(25-19)18-12-8-7-11-17(18)23/h4-12,14-15H,13H2,1-3H3,(H,24,28)/t15-/m1/s1. The molecule has 0 aliphatic rings. The summed E-state index contributed by atoms with van der Waals surface area (Å²) in [5.41, 5.74) is -1.58. The molecule has 1 N–H and O–H groups in total. The smallest absolute Gasteiger partial charge is 0.350 e. The number of rotatable bonds is 6. The van der Waals surface area contributed by atoms with Crippen molar-refractivity contribution in [2.75, 3.05) is 6.54 Å². The predicted molar refractivity (Wildman–Crippen MR) is 111 cm³/mol. The van der Waals surface area contributed by atoms with Crippen molar-refractivity contribution in [1.29, 1.82) is 0 Å². The maximum atomic E-state index is 14.4. The van der Waals surface area contributed by atoms with Gasteiger partial charge in [0.15, 0.2) is 0 Å². The lowest BCUT2D eigenvalue weighted by molar-refractivity contribution is 0.0939. The molecule has 0 unspecified atom stereocenters. The molecule has 156 valence electrons. The van der Waals surface area contributed by atoms with Gasteiger partial charge in [0.1, 0.15) is 11.5 Å². The van der Waals surface area contributed by atoms with Gasteiger partial charge in [0.05, 0.1) is 6.04 Å². The van der Waals surface area contributed by atoms with Crippen molar-refractivity contribution >= 4 is 5.91 Å². The van der Waals surface area contributed by atoms with E-state index in [4.69, 9.17) is 0 Å². The molecule has 3 rings (SSSR count). The first-order chi connectivity index (χ1) is 14.3. The van der Waals surface area contributed by atoms with Gasteiger partial charge in [-0.15, -0.1) is 0 Å². The normalized spacial score (nSPS) is 12.0. The highest BCUT2D eigenvalue weighted by Gasteiger charge is 2.24. The number of benzene rings is 2. The summed E-state index contributed by atoms with van der Waals surface area (Å²) in [6.07, 6.45) is 0. The van der Waals surface area contributed by atoms with Crippen LogP contribution in [0.25, 0.3) is 5.69 Å². The molecule has 0 radical (unpaired) electrons. The van der Waals surface area contributed by atoms with Crippen LogP contribution in [0, 0.1) is 11.7 Å². The van der Waals surface area contributed by atoms with Crippen LogP contribution in [0.15, 0.2) is 64.2 Å². The molecule has 0 saturated heterocycles. The number of hydrogen-bond donors (Lipinski definition) is 1. The average Bonchev–Trinajstić information content (AvgIpc) is 2.73. The van der Waals surface area contributed by atoms with Crippen LogP contribution < -0.4 is 16.6 Å². The first kappa shape index (κ1) is 21.2. The summed E-state index contributed by atoms with van der Waals surface area (Å²) in [7, 11) is 0.